The SMILES string of the molecule is COc1ccc([C@H]2CCCCCN2Cc2nc3ccccc3o2)cc1. The fourth-order valence-electron chi connectivity index (χ4n) is 3.72. The zero-order chi connectivity index (χ0) is 17.1. The topological polar surface area (TPSA) is 38.5 Å². The molecule has 4 heteroatoms. The van der Waals surface area contributed by atoms with Crippen molar-refractivity contribution in [2.75, 3.05) is 13.7 Å². The van der Waals surface area contributed by atoms with Crippen LogP contribution in [0.2, 0.25) is 0 Å². The molecule has 0 unspecified atom stereocenters. The molecule has 0 aliphatic carbocycles. The Labute approximate surface area is 148 Å². The van der Waals surface area contributed by atoms with Gasteiger partial charge in [0.2, 0.25) is 5.89 Å². The van der Waals surface area contributed by atoms with Crippen molar-refractivity contribution in [1.29, 1.82) is 0 Å². The summed E-state index contributed by atoms with van der Waals surface area (Å²) in [5.74, 6) is 1.71. The van der Waals surface area contributed by atoms with Crippen LogP contribution in [0.25, 0.3) is 11.1 Å². The number of hydrogen-bond donors (Lipinski definition) is 0. The molecule has 0 saturated carbocycles. The Kier molecular flexibility index (Phi) is 4.70. The molecule has 4 nitrogen and oxygen atoms in total. The molecule has 130 valence electrons. The standard InChI is InChI=1S/C21H24N2O2/c1-24-17-12-10-16(11-13-17)19-8-3-2-6-14-23(19)15-21-22-18-7-4-5-9-20(18)25-21/h4-5,7,9-13,19H,2-3,6,8,14-15H2,1H3/t19-/m1/s1. The Morgan fingerprint density at radius 2 is 1.92 bits per heavy atom. The van der Waals surface area contributed by atoms with Gasteiger partial charge in [0, 0.05) is 6.04 Å². The fourth-order valence-corrected chi connectivity index (χ4v) is 3.72. The van der Waals surface area contributed by atoms with E-state index in [4.69, 9.17) is 9.15 Å². The molecule has 0 spiro atoms. The second kappa shape index (κ2) is 7.28. The first kappa shape index (κ1) is 16.2. The monoisotopic (exact) mass is 336 g/mol. The van der Waals surface area contributed by atoms with Crippen LogP contribution in [-0.4, -0.2) is 23.5 Å². The van der Waals surface area contributed by atoms with Crippen LogP contribution in [0.1, 0.15) is 43.2 Å². The maximum absolute atomic E-state index is 5.96. The highest BCUT2D eigenvalue weighted by molar-refractivity contribution is 5.72. The number of methoxy groups -OCH3 is 1. The van der Waals surface area contributed by atoms with Gasteiger partial charge in [-0.05, 0) is 49.2 Å². The van der Waals surface area contributed by atoms with Crippen molar-refractivity contribution in [3.05, 3.63) is 60.0 Å². The van der Waals surface area contributed by atoms with Crippen molar-refractivity contribution in [3.63, 3.8) is 0 Å². The number of para-hydroxylation sites is 2. The first-order valence-electron chi connectivity index (χ1n) is 9.06. The summed E-state index contributed by atoms with van der Waals surface area (Å²) < 4.78 is 11.3. The number of likely N-dealkylation sites (tertiary alicyclic amines) is 1. The quantitative estimate of drug-likeness (QED) is 0.675. The van der Waals surface area contributed by atoms with Crippen molar-refractivity contribution in [2.45, 2.75) is 38.3 Å². The van der Waals surface area contributed by atoms with E-state index in [2.05, 4.69) is 34.1 Å². The zero-order valence-electron chi connectivity index (χ0n) is 14.6. The van der Waals surface area contributed by atoms with E-state index < -0.39 is 0 Å². The maximum atomic E-state index is 5.96. The van der Waals surface area contributed by atoms with Gasteiger partial charge in [0.25, 0.3) is 0 Å². The van der Waals surface area contributed by atoms with E-state index in [1.54, 1.807) is 7.11 Å². The van der Waals surface area contributed by atoms with Gasteiger partial charge in [0.1, 0.15) is 11.3 Å². The molecule has 1 saturated heterocycles. The Bertz CT molecular complexity index is 792. The molecule has 0 N–H and O–H groups in total. The van der Waals surface area contributed by atoms with Gasteiger partial charge in [-0.2, -0.15) is 0 Å². The molecule has 25 heavy (non-hydrogen) atoms. The van der Waals surface area contributed by atoms with E-state index in [-0.39, 0.29) is 0 Å². The molecule has 1 fully saturated rings. The van der Waals surface area contributed by atoms with Crippen LogP contribution in [0, 0.1) is 0 Å². The summed E-state index contributed by atoms with van der Waals surface area (Å²) in [4.78, 5) is 7.18. The predicted molar refractivity (Wildman–Crippen MR) is 98.6 cm³/mol. The van der Waals surface area contributed by atoms with Gasteiger partial charge in [-0.1, -0.05) is 37.1 Å². The summed E-state index contributed by atoms with van der Waals surface area (Å²) in [6.45, 7) is 1.83. The van der Waals surface area contributed by atoms with Gasteiger partial charge in [-0.15, -0.1) is 0 Å². The molecule has 2 aromatic carbocycles. The smallest absolute Gasteiger partial charge is 0.209 e. The Balaban J connectivity index is 1.59. The number of fused-ring (bicyclic) bond motifs is 1. The van der Waals surface area contributed by atoms with E-state index >= 15 is 0 Å². The van der Waals surface area contributed by atoms with Gasteiger partial charge in [-0.3, -0.25) is 4.90 Å². The van der Waals surface area contributed by atoms with Crippen LogP contribution in [0.3, 0.4) is 0 Å². The van der Waals surface area contributed by atoms with Gasteiger partial charge >= 0.3 is 0 Å². The zero-order valence-corrected chi connectivity index (χ0v) is 14.6. The van der Waals surface area contributed by atoms with Crippen LogP contribution in [0.15, 0.2) is 52.9 Å². The second-order valence-corrected chi connectivity index (χ2v) is 6.68. The largest absolute Gasteiger partial charge is 0.497 e. The first-order valence-corrected chi connectivity index (χ1v) is 9.06. The van der Waals surface area contributed by atoms with Crippen molar-refractivity contribution >= 4 is 11.1 Å². The number of nitrogens with zero attached hydrogens (tertiary/aromatic N) is 2. The van der Waals surface area contributed by atoms with E-state index in [0.717, 1.165) is 35.8 Å². The van der Waals surface area contributed by atoms with E-state index in [1.165, 1.54) is 31.2 Å². The minimum atomic E-state index is 0.406. The van der Waals surface area contributed by atoms with Crippen LogP contribution >= 0.6 is 0 Å². The third-order valence-electron chi connectivity index (χ3n) is 5.04. The van der Waals surface area contributed by atoms with Crippen LogP contribution < -0.4 is 4.74 Å². The number of benzene rings is 2. The lowest BCUT2D eigenvalue weighted by Gasteiger charge is -2.29. The summed E-state index contributed by atoms with van der Waals surface area (Å²) >= 11 is 0. The molecule has 3 aromatic rings. The minimum Gasteiger partial charge on any atom is -0.497 e. The second-order valence-electron chi connectivity index (χ2n) is 6.68. The average Bonchev–Trinajstić information content (AvgIpc) is 2.92. The van der Waals surface area contributed by atoms with E-state index in [9.17, 15) is 0 Å². The normalized spacial score (nSPS) is 19.0. The van der Waals surface area contributed by atoms with Gasteiger partial charge in [0.05, 0.1) is 13.7 Å². The summed E-state index contributed by atoms with van der Waals surface area (Å²) in [6, 6.07) is 16.9. The van der Waals surface area contributed by atoms with Crippen LogP contribution in [-0.2, 0) is 6.54 Å². The van der Waals surface area contributed by atoms with Gasteiger partial charge < -0.3 is 9.15 Å². The fraction of sp³-hybridized carbons (Fsp3) is 0.381. The average molecular weight is 336 g/mol. The predicted octanol–water partition coefficient (Wildman–Crippen LogP) is 4.95. The van der Waals surface area contributed by atoms with Crippen LogP contribution in [0.4, 0.5) is 0 Å². The lowest BCUT2D eigenvalue weighted by molar-refractivity contribution is 0.176. The summed E-state index contributed by atoms with van der Waals surface area (Å²) in [7, 11) is 1.71. The number of hydrogen-bond acceptors (Lipinski definition) is 4. The molecule has 1 aliphatic rings. The highest BCUT2D eigenvalue weighted by Gasteiger charge is 2.24. The molecule has 1 atom stereocenters. The Hall–Kier alpha value is -2.33. The summed E-state index contributed by atoms with van der Waals surface area (Å²) in [5, 5.41) is 0. The minimum absolute atomic E-state index is 0.406. The number of oxazole rings is 1. The molecular weight excluding hydrogens is 312 g/mol. The number of rotatable bonds is 4. The first-order chi connectivity index (χ1) is 12.3. The number of aromatic nitrogens is 1. The lowest BCUT2D eigenvalue weighted by Crippen LogP contribution is -2.28. The third kappa shape index (κ3) is 3.54. The van der Waals surface area contributed by atoms with Crippen molar-refractivity contribution in [2.24, 2.45) is 0 Å². The Morgan fingerprint density at radius 1 is 1.08 bits per heavy atom. The van der Waals surface area contributed by atoms with Gasteiger partial charge in [0.15, 0.2) is 5.58 Å². The third-order valence-corrected chi connectivity index (χ3v) is 5.04. The summed E-state index contributed by atoms with van der Waals surface area (Å²) in [5.41, 5.74) is 3.15. The lowest BCUT2D eigenvalue weighted by atomic mass is 10.0. The highest BCUT2D eigenvalue weighted by Crippen LogP contribution is 2.32. The molecule has 0 amide bonds. The molecular formula is C21H24N2O2. The van der Waals surface area contributed by atoms with Crippen molar-refractivity contribution < 1.29 is 9.15 Å². The van der Waals surface area contributed by atoms with E-state index in [0.29, 0.717) is 6.04 Å². The van der Waals surface area contributed by atoms with Crippen molar-refractivity contribution in [1.82, 2.24) is 9.88 Å². The van der Waals surface area contributed by atoms with Crippen LogP contribution in [0.5, 0.6) is 5.75 Å². The molecule has 4 rings (SSSR count). The maximum Gasteiger partial charge on any atom is 0.209 e. The molecule has 0 bridgehead atoms. The number of ether oxygens (including phenoxy) is 1. The highest BCUT2D eigenvalue weighted by atomic mass is 16.5. The summed E-state index contributed by atoms with van der Waals surface area (Å²) in [6.07, 6.45) is 4.96. The molecule has 0 radical (unpaired) electrons. The van der Waals surface area contributed by atoms with E-state index in [1.807, 2.05) is 24.3 Å². The molecule has 1 aromatic heterocycles. The van der Waals surface area contributed by atoms with Crippen molar-refractivity contribution in [3.8, 4) is 5.75 Å². The Morgan fingerprint density at radius 3 is 2.72 bits per heavy atom. The molecule has 2 heterocycles. The van der Waals surface area contributed by atoms with Gasteiger partial charge in [-0.25, -0.2) is 4.98 Å². The molecule has 1 aliphatic heterocycles.